The third kappa shape index (κ3) is 5.41. The van der Waals surface area contributed by atoms with E-state index in [2.05, 4.69) is 73.0 Å². The molecule has 0 fully saturated rings. The topological polar surface area (TPSA) is 58.6 Å². The summed E-state index contributed by atoms with van der Waals surface area (Å²) in [5.74, 6) is 0.930. The lowest BCUT2D eigenvalue weighted by Gasteiger charge is -2.16. The maximum atomic E-state index is 12.5. The molecule has 4 nitrogen and oxygen atoms in total. The quantitative estimate of drug-likeness (QED) is 0.597. The zero-order valence-electron chi connectivity index (χ0n) is 18.1. The average Bonchev–Trinajstić information content (AvgIpc) is 2.69. The van der Waals surface area contributed by atoms with Gasteiger partial charge < -0.3 is 4.98 Å². The van der Waals surface area contributed by atoms with Crippen molar-refractivity contribution >= 4 is 0 Å². The Morgan fingerprint density at radius 1 is 0.897 bits per heavy atom. The minimum atomic E-state index is -0.00586. The van der Waals surface area contributed by atoms with Crippen molar-refractivity contribution in [2.45, 2.75) is 65.2 Å². The highest BCUT2D eigenvalue weighted by Gasteiger charge is 2.15. The van der Waals surface area contributed by atoms with Crippen LogP contribution in [0.3, 0.4) is 0 Å². The first-order valence-electron chi connectivity index (χ1n) is 10.4. The van der Waals surface area contributed by atoms with Crippen LogP contribution in [0.4, 0.5) is 0 Å². The van der Waals surface area contributed by atoms with Crippen LogP contribution >= 0.6 is 0 Å². The number of pyridine rings is 3. The molecule has 29 heavy (non-hydrogen) atoms. The normalized spacial score (nSPS) is 13.4. The predicted octanol–water partition coefficient (Wildman–Crippen LogP) is 5.29. The van der Waals surface area contributed by atoms with E-state index in [1.807, 2.05) is 25.5 Å². The van der Waals surface area contributed by atoms with Crippen LogP contribution in [-0.2, 0) is 12.8 Å². The summed E-state index contributed by atoms with van der Waals surface area (Å²) in [6.45, 7) is 10.7. The van der Waals surface area contributed by atoms with Gasteiger partial charge in [-0.1, -0.05) is 27.7 Å². The molecule has 2 unspecified atom stereocenters. The van der Waals surface area contributed by atoms with Gasteiger partial charge in [-0.05, 0) is 84.5 Å². The standard InChI is InChI=1S/C25H31N3O/c1-16(2)21-6-9-27-23(14-21)11-18(4)24-13-20(15-28-25(24)29)10-17(3)22-7-8-26-19(5)12-22/h6-9,12-18H,10-11H2,1-5H3,(H,28,29). The highest BCUT2D eigenvalue weighted by atomic mass is 16.1. The molecule has 0 amide bonds. The Morgan fingerprint density at radius 2 is 1.62 bits per heavy atom. The molecule has 3 heterocycles. The molecule has 0 saturated heterocycles. The van der Waals surface area contributed by atoms with Gasteiger partial charge in [0.05, 0.1) is 0 Å². The molecule has 0 aromatic carbocycles. The molecule has 3 rings (SSSR count). The Hall–Kier alpha value is -2.75. The molecule has 152 valence electrons. The maximum absolute atomic E-state index is 12.5. The third-order valence-electron chi connectivity index (χ3n) is 5.58. The number of hydrogen-bond acceptors (Lipinski definition) is 3. The number of nitrogens with one attached hydrogen (secondary N) is 1. The smallest absolute Gasteiger partial charge is 0.251 e. The number of aromatic nitrogens is 3. The summed E-state index contributed by atoms with van der Waals surface area (Å²) >= 11 is 0. The highest BCUT2D eigenvalue weighted by molar-refractivity contribution is 5.28. The van der Waals surface area contributed by atoms with E-state index in [1.165, 1.54) is 11.1 Å². The van der Waals surface area contributed by atoms with E-state index in [1.54, 1.807) is 0 Å². The molecule has 0 spiro atoms. The molecule has 0 bridgehead atoms. The zero-order valence-corrected chi connectivity index (χ0v) is 18.1. The van der Waals surface area contributed by atoms with Crippen LogP contribution < -0.4 is 5.56 Å². The van der Waals surface area contributed by atoms with Gasteiger partial charge >= 0.3 is 0 Å². The maximum Gasteiger partial charge on any atom is 0.251 e. The van der Waals surface area contributed by atoms with Crippen molar-refractivity contribution in [3.8, 4) is 0 Å². The van der Waals surface area contributed by atoms with E-state index in [9.17, 15) is 4.79 Å². The van der Waals surface area contributed by atoms with Crippen molar-refractivity contribution in [1.82, 2.24) is 15.0 Å². The number of nitrogens with zero attached hydrogens (tertiary/aromatic N) is 2. The first-order chi connectivity index (χ1) is 13.8. The summed E-state index contributed by atoms with van der Waals surface area (Å²) in [5, 5.41) is 0. The fourth-order valence-electron chi connectivity index (χ4n) is 3.77. The number of rotatable bonds is 7. The first-order valence-corrected chi connectivity index (χ1v) is 10.4. The Balaban J connectivity index is 1.78. The van der Waals surface area contributed by atoms with Crippen molar-refractivity contribution in [2.24, 2.45) is 0 Å². The largest absolute Gasteiger partial charge is 0.329 e. The zero-order chi connectivity index (χ0) is 21.0. The summed E-state index contributed by atoms with van der Waals surface area (Å²) in [5.41, 5.74) is 6.60. The third-order valence-corrected chi connectivity index (χ3v) is 5.58. The lowest BCUT2D eigenvalue weighted by molar-refractivity contribution is 0.712. The van der Waals surface area contributed by atoms with Crippen molar-refractivity contribution in [1.29, 1.82) is 0 Å². The fraction of sp³-hybridized carbons (Fsp3) is 0.400. The van der Waals surface area contributed by atoms with Gasteiger partial charge in [0, 0.05) is 35.5 Å². The second-order valence-electron chi connectivity index (χ2n) is 8.47. The van der Waals surface area contributed by atoms with E-state index >= 15 is 0 Å². The molecule has 0 radical (unpaired) electrons. The van der Waals surface area contributed by atoms with E-state index in [0.29, 0.717) is 11.8 Å². The van der Waals surface area contributed by atoms with E-state index < -0.39 is 0 Å². The molecule has 4 heteroatoms. The summed E-state index contributed by atoms with van der Waals surface area (Å²) in [4.78, 5) is 24.2. The predicted molar refractivity (Wildman–Crippen MR) is 119 cm³/mol. The van der Waals surface area contributed by atoms with Gasteiger partial charge in [0.25, 0.3) is 5.56 Å². The van der Waals surface area contributed by atoms with Gasteiger partial charge in [-0.3, -0.25) is 14.8 Å². The SMILES string of the molecule is Cc1cc(C(C)Cc2c[nH]c(=O)c(C(C)Cc3cc(C(C)C)ccn3)c2)ccn1. The van der Waals surface area contributed by atoms with Gasteiger partial charge in [0.15, 0.2) is 0 Å². The molecule has 0 aliphatic rings. The summed E-state index contributed by atoms with van der Waals surface area (Å²) in [7, 11) is 0. The van der Waals surface area contributed by atoms with E-state index in [4.69, 9.17) is 0 Å². The van der Waals surface area contributed by atoms with Crippen LogP contribution in [0.1, 0.15) is 79.1 Å². The van der Waals surface area contributed by atoms with Gasteiger partial charge in [0.2, 0.25) is 0 Å². The van der Waals surface area contributed by atoms with Crippen LogP contribution in [0.25, 0.3) is 0 Å². The lowest BCUT2D eigenvalue weighted by Crippen LogP contribution is -2.17. The van der Waals surface area contributed by atoms with Crippen molar-refractivity contribution in [3.63, 3.8) is 0 Å². The average molecular weight is 390 g/mol. The van der Waals surface area contributed by atoms with Crippen LogP contribution in [0, 0.1) is 6.92 Å². The van der Waals surface area contributed by atoms with Gasteiger partial charge in [-0.15, -0.1) is 0 Å². The van der Waals surface area contributed by atoms with Gasteiger partial charge in [-0.25, -0.2) is 0 Å². The van der Waals surface area contributed by atoms with Gasteiger partial charge in [-0.2, -0.15) is 0 Å². The van der Waals surface area contributed by atoms with Crippen LogP contribution in [0.15, 0.2) is 53.7 Å². The summed E-state index contributed by atoms with van der Waals surface area (Å²) in [6, 6.07) is 10.5. The molecular formula is C25H31N3O. The van der Waals surface area contributed by atoms with Crippen molar-refractivity contribution in [3.05, 3.63) is 92.9 Å². The van der Waals surface area contributed by atoms with Crippen molar-refractivity contribution < 1.29 is 0 Å². The molecule has 0 aliphatic heterocycles. The number of aromatic amines is 1. The van der Waals surface area contributed by atoms with E-state index in [-0.39, 0.29) is 11.5 Å². The molecule has 3 aromatic heterocycles. The van der Waals surface area contributed by atoms with Crippen LogP contribution in [0.2, 0.25) is 0 Å². The number of aryl methyl sites for hydroxylation is 1. The van der Waals surface area contributed by atoms with Gasteiger partial charge in [0.1, 0.15) is 0 Å². The Morgan fingerprint density at radius 3 is 2.34 bits per heavy atom. The molecule has 2 atom stereocenters. The fourth-order valence-corrected chi connectivity index (χ4v) is 3.77. The molecule has 1 N–H and O–H groups in total. The minimum absolute atomic E-state index is 0.00586. The molecular weight excluding hydrogens is 358 g/mol. The molecule has 0 aliphatic carbocycles. The monoisotopic (exact) mass is 389 g/mol. The number of H-pyrrole nitrogens is 1. The lowest BCUT2D eigenvalue weighted by atomic mass is 9.91. The Bertz CT molecular complexity index is 1020. The van der Waals surface area contributed by atoms with E-state index in [0.717, 1.165) is 35.4 Å². The number of hydrogen-bond donors (Lipinski definition) is 1. The molecule has 3 aromatic rings. The first kappa shape index (κ1) is 21.0. The Labute approximate surface area is 173 Å². The second kappa shape index (κ2) is 9.17. The summed E-state index contributed by atoms with van der Waals surface area (Å²) < 4.78 is 0. The Kier molecular flexibility index (Phi) is 6.63. The van der Waals surface area contributed by atoms with Crippen LogP contribution in [-0.4, -0.2) is 15.0 Å². The highest BCUT2D eigenvalue weighted by Crippen LogP contribution is 2.23. The molecule has 0 saturated carbocycles. The summed E-state index contributed by atoms with van der Waals surface area (Å²) in [6.07, 6.45) is 7.21. The van der Waals surface area contributed by atoms with Crippen molar-refractivity contribution in [2.75, 3.05) is 0 Å². The van der Waals surface area contributed by atoms with Crippen LogP contribution in [0.5, 0.6) is 0 Å². The minimum Gasteiger partial charge on any atom is -0.329 e. The second-order valence-corrected chi connectivity index (χ2v) is 8.47.